The predicted molar refractivity (Wildman–Crippen MR) is 249 cm³/mol. The summed E-state index contributed by atoms with van der Waals surface area (Å²) in [5.74, 6) is 1.91. The van der Waals surface area contributed by atoms with Crippen molar-refractivity contribution in [2.24, 2.45) is 0 Å². The Morgan fingerprint density at radius 2 is 1.03 bits per heavy atom. The van der Waals surface area contributed by atoms with Crippen molar-refractivity contribution in [3.63, 3.8) is 0 Å². The maximum atomic E-state index is 13.5. The van der Waals surface area contributed by atoms with Crippen LogP contribution >= 0.6 is 24.4 Å². The van der Waals surface area contributed by atoms with Gasteiger partial charge in [0.15, 0.2) is 23.0 Å². The van der Waals surface area contributed by atoms with E-state index in [1.165, 1.54) is 5.56 Å². The maximum Gasteiger partial charge on any atom is 0.343 e. The van der Waals surface area contributed by atoms with Gasteiger partial charge in [-0.2, -0.15) is 0 Å². The standard InChI is InChI=1S/C29H21NO4S.C22H15NO4S/c1-2-33-29(32)23-16-30-24-12-19-10-6-7-11-20(19)13-25(24)34-26-15-21(14-22(27(26)30)28(23)31)35-17-18-8-4-3-5-9-18;1-2-26-22(25)16-11-23-17-7-12-5-3-4-6-13(12)8-18(17)27-19-10-14(28)9-15(20(19)23)21(16)24/h3-16H,2,17H2,1H3;3-11,28H,2H2,1H3. The lowest BCUT2D eigenvalue weighted by Gasteiger charge is -2.25. The van der Waals surface area contributed by atoms with Gasteiger partial charge >= 0.3 is 11.9 Å². The summed E-state index contributed by atoms with van der Waals surface area (Å²) in [6.45, 7) is 3.82. The molecule has 0 amide bonds. The summed E-state index contributed by atoms with van der Waals surface area (Å²) in [5, 5.41) is 4.96. The number of benzene rings is 7. The molecule has 0 radical (unpaired) electrons. The van der Waals surface area contributed by atoms with E-state index in [0.717, 1.165) is 43.6 Å². The molecule has 10 nitrogen and oxygen atoms in total. The molecule has 2 aliphatic rings. The van der Waals surface area contributed by atoms with Crippen LogP contribution in [0.5, 0.6) is 23.0 Å². The molecule has 0 saturated heterocycles. The van der Waals surface area contributed by atoms with Crippen LogP contribution in [0.15, 0.2) is 159 Å². The van der Waals surface area contributed by atoms with Crippen molar-refractivity contribution in [3.05, 3.63) is 177 Å². The van der Waals surface area contributed by atoms with E-state index in [4.69, 9.17) is 18.9 Å². The first-order valence-corrected chi connectivity index (χ1v) is 21.7. The SMILES string of the molecule is CCOC(=O)c1cn2c3c(cc(S)cc3c1=O)Oc1cc3ccccc3cc1-2.CCOC(=O)c1cn2c3c(cc(SCc4ccccc4)cc3c1=O)Oc1cc3ccccc3cc1-2. The Labute approximate surface area is 369 Å². The zero-order chi connectivity index (χ0) is 43.4. The van der Waals surface area contributed by atoms with Crippen LogP contribution < -0.4 is 20.3 Å². The summed E-state index contributed by atoms with van der Waals surface area (Å²) >= 11 is 6.02. The van der Waals surface area contributed by atoms with E-state index < -0.39 is 17.4 Å². The first-order chi connectivity index (χ1) is 30.7. The molecule has 63 heavy (non-hydrogen) atoms. The number of ether oxygens (including phenoxy) is 4. The van der Waals surface area contributed by atoms with E-state index in [-0.39, 0.29) is 29.8 Å². The number of carbonyl (C=O) groups is 2. The minimum atomic E-state index is -0.641. The lowest BCUT2D eigenvalue weighted by atomic mass is 10.1. The fourth-order valence-electron chi connectivity index (χ4n) is 8.07. The number of thiol groups is 1. The molecule has 0 bridgehead atoms. The molecule has 4 heterocycles. The van der Waals surface area contributed by atoms with Crippen molar-refractivity contribution in [3.8, 4) is 34.4 Å². The van der Waals surface area contributed by atoms with Gasteiger partial charge in [-0.05, 0) is 89.5 Å². The number of hydrogen-bond acceptors (Lipinski definition) is 10. The number of pyridine rings is 2. The van der Waals surface area contributed by atoms with Crippen LogP contribution in [0, 0.1) is 0 Å². The van der Waals surface area contributed by atoms with Crippen molar-refractivity contribution < 1.29 is 28.5 Å². The smallest absolute Gasteiger partial charge is 0.343 e. The van der Waals surface area contributed by atoms with E-state index in [0.29, 0.717) is 49.7 Å². The molecule has 0 N–H and O–H groups in total. The van der Waals surface area contributed by atoms with Gasteiger partial charge in [-0.15, -0.1) is 24.4 Å². The van der Waals surface area contributed by atoms with Crippen molar-refractivity contribution in [2.45, 2.75) is 29.4 Å². The third kappa shape index (κ3) is 7.16. The van der Waals surface area contributed by atoms with E-state index in [2.05, 4.69) is 24.8 Å². The number of esters is 2. The number of rotatable bonds is 7. The van der Waals surface area contributed by atoms with Crippen LogP contribution in [0.4, 0.5) is 0 Å². The number of nitrogens with zero attached hydrogens (tertiary/aromatic N) is 2. The Balaban J connectivity index is 0.000000153. The predicted octanol–water partition coefficient (Wildman–Crippen LogP) is 11.4. The first-order valence-electron chi connectivity index (χ1n) is 20.3. The highest BCUT2D eigenvalue weighted by molar-refractivity contribution is 7.98. The van der Waals surface area contributed by atoms with Crippen molar-refractivity contribution in [2.75, 3.05) is 13.2 Å². The molecule has 0 aliphatic carbocycles. The zero-order valence-corrected chi connectivity index (χ0v) is 35.6. The number of thioether (sulfide) groups is 1. The topological polar surface area (TPSA) is 115 Å². The molecule has 2 aromatic heterocycles. The molecule has 0 atom stereocenters. The van der Waals surface area contributed by atoms with Crippen LogP contribution in [-0.4, -0.2) is 34.3 Å². The molecule has 0 spiro atoms. The average Bonchev–Trinajstić information content (AvgIpc) is 3.29. The fraction of sp³-hybridized carbons (Fsp3) is 0.0980. The summed E-state index contributed by atoms with van der Waals surface area (Å²) in [6, 6.07) is 41.3. The van der Waals surface area contributed by atoms with Crippen LogP contribution in [0.1, 0.15) is 40.1 Å². The number of aromatic nitrogens is 2. The summed E-state index contributed by atoms with van der Waals surface area (Å²) in [7, 11) is 0. The maximum absolute atomic E-state index is 13.5. The van der Waals surface area contributed by atoms with Crippen LogP contribution in [-0.2, 0) is 15.2 Å². The van der Waals surface area contributed by atoms with Gasteiger partial charge in [-0.25, -0.2) is 9.59 Å². The molecular weight excluding hydrogens is 833 g/mol. The summed E-state index contributed by atoms with van der Waals surface area (Å²) in [5.41, 5.74) is 3.22. The Morgan fingerprint density at radius 1 is 0.571 bits per heavy atom. The van der Waals surface area contributed by atoms with Gasteiger partial charge in [0.2, 0.25) is 10.9 Å². The van der Waals surface area contributed by atoms with Gasteiger partial charge in [-0.3, -0.25) is 9.59 Å². The lowest BCUT2D eigenvalue weighted by molar-refractivity contribution is 0.0514. The lowest BCUT2D eigenvalue weighted by Crippen LogP contribution is -2.22. The zero-order valence-electron chi connectivity index (χ0n) is 33.9. The molecule has 0 unspecified atom stereocenters. The van der Waals surface area contributed by atoms with Crippen LogP contribution in [0.2, 0.25) is 0 Å². The normalized spacial score (nSPS) is 11.9. The second-order valence-corrected chi connectivity index (χ2v) is 16.5. The van der Waals surface area contributed by atoms with Crippen LogP contribution in [0.3, 0.4) is 0 Å². The van der Waals surface area contributed by atoms with E-state index >= 15 is 0 Å². The first kappa shape index (κ1) is 39.8. The molecule has 0 saturated carbocycles. The third-order valence-electron chi connectivity index (χ3n) is 10.9. The van der Waals surface area contributed by atoms with Gasteiger partial charge in [0.25, 0.3) is 0 Å². The average molecular weight is 869 g/mol. The Bertz CT molecular complexity index is 3490. The second-order valence-electron chi connectivity index (χ2n) is 14.9. The van der Waals surface area contributed by atoms with Gasteiger partial charge in [0.05, 0.1) is 35.4 Å². The molecule has 2 aliphatic heterocycles. The highest BCUT2D eigenvalue weighted by Gasteiger charge is 2.28. The van der Waals surface area contributed by atoms with E-state index in [1.807, 2.05) is 112 Å². The number of hydrogen-bond donors (Lipinski definition) is 1. The molecule has 9 aromatic rings. The molecule has 12 heteroatoms. The largest absolute Gasteiger partial charge is 0.462 e. The quantitative estimate of drug-likeness (QED) is 0.0949. The Hall–Kier alpha value is -7.28. The molecule has 7 aromatic carbocycles. The fourth-order valence-corrected chi connectivity index (χ4v) is 9.24. The van der Waals surface area contributed by atoms with Crippen molar-refractivity contribution in [1.29, 1.82) is 0 Å². The monoisotopic (exact) mass is 868 g/mol. The van der Waals surface area contributed by atoms with Crippen LogP contribution in [0.25, 0.3) is 54.7 Å². The third-order valence-corrected chi connectivity index (χ3v) is 12.2. The van der Waals surface area contributed by atoms with Crippen molar-refractivity contribution in [1.82, 2.24) is 9.13 Å². The van der Waals surface area contributed by atoms with Gasteiger partial charge in [0, 0.05) is 27.9 Å². The minimum absolute atomic E-state index is 0.0107. The summed E-state index contributed by atoms with van der Waals surface area (Å²) in [6.07, 6.45) is 3.12. The molecular formula is C51H36N2O8S2. The molecule has 310 valence electrons. The summed E-state index contributed by atoms with van der Waals surface area (Å²) in [4.78, 5) is 53.0. The van der Waals surface area contributed by atoms with Gasteiger partial charge < -0.3 is 28.1 Å². The Kier molecular flexibility index (Phi) is 10.2. The Morgan fingerprint density at radius 3 is 1.54 bits per heavy atom. The number of fused-ring (bicyclic) bond motifs is 6. The minimum Gasteiger partial charge on any atom is -0.462 e. The molecule has 0 fully saturated rings. The molecule has 11 rings (SSSR count). The van der Waals surface area contributed by atoms with Gasteiger partial charge in [0.1, 0.15) is 22.2 Å². The van der Waals surface area contributed by atoms with E-state index in [1.54, 1.807) is 50.1 Å². The highest BCUT2D eigenvalue weighted by atomic mass is 32.2. The van der Waals surface area contributed by atoms with Crippen molar-refractivity contribution >= 4 is 79.7 Å². The second kappa shape index (κ2) is 16.2. The summed E-state index contributed by atoms with van der Waals surface area (Å²) < 4.78 is 26.5. The highest BCUT2D eigenvalue weighted by Crippen LogP contribution is 2.45. The number of carbonyl (C=O) groups excluding carboxylic acids is 2. The van der Waals surface area contributed by atoms with E-state index in [9.17, 15) is 19.2 Å². The van der Waals surface area contributed by atoms with Gasteiger partial charge in [-0.1, -0.05) is 78.9 Å².